The van der Waals surface area contributed by atoms with Crippen molar-refractivity contribution in [3.63, 3.8) is 0 Å². The number of H-pyrrole nitrogens is 1. The van der Waals surface area contributed by atoms with Crippen molar-refractivity contribution in [2.24, 2.45) is 0 Å². The Kier molecular flexibility index (Phi) is 3.24. The van der Waals surface area contributed by atoms with Crippen LogP contribution in [0.2, 0.25) is 0 Å². The minimum atomic E-state index is -3.31. The highest BCUT2D eigenvalue weighted by molar-refractivity contribution is 7.90. The Hall–Kier alpha value is -2.02. The summed E-state index contributed by atoms with van der Waals surface area (Å²) < 4.78 is 23.0. The van der Waals surface area contributed by atoms with Crippen molar-refractivity contribution in [1.82, 2.24) is 9.97 Å². The lowest BCUT2D eigenvalue weighted by Gasteiger charge is -2.11. The van der Waals surface area contributed by atoms with Gasteiger partial charge in [0.15, 0.2) is 9.84 Å². The first kappa shape index (κ1) is 12.4. The van der Waals surface area contributed by atoms with Crippen molar-refractivity contribution in [2.75, 3.05) is 17.3 Å². The normalized spacial score (nSPS) is 11.4. The molecule has 18 heavy (non-hydrogen) atoms. The van der Waals surface area contributed by atoms with Crippen molar-refractivity contribution in [3.05, 3.63) is 36.4 Å². The molecular weight excluding hydrogens is 252 g/mol. The SMILES string of the molecule is CS(=O)(=O)c1cccc(NCc2cnc[nH]2)c1N. The molecule has 0 radical (unpaired) electrons. The molecule has 6 nitrogen and oxygen atoms in total. The zero-order chi connectivity index (χ0) is 13.2. The molecule has 2 rings (SSSR count). The average molecular weight is 266 g/mol. The number of nitrogens with two attached hydrogens (primary N) is 1. The van der Waals surface area contributed by atoms with Gasteiger partial charge in [-0.3, -0.25) is 0 Å². The third-order valence-electron chi connectivity index (χ3n) is 2.49. The second-order valence-corrected chi connectivity index (χ2v) is 5.90. The van der Waals surface area contributed by atoms with E-state index in [4.69, 9.17) is 5.73 Å². The fourth-order valence-corrected chi connectivity index (χ4v) is 2.43. The number of nitrogens with one attached hydrogen (secondary N) is 2. The summed E-state index contributed by atoms with van der Waals surface area (Å²) in [5, 5.41) is 3.07. The number of imidazole rings is 1. The Morgan fingerprint density at radius 3 is 2.83 bits per heavy atom. The molecule has 0 amide bonds. The molecule has 0 spiro atoms. The molecule has 0 unspecified atom stereocenters. The highest BCUT2D eigenvalue weighted by Crippen LogP contribution is 2.26. The lowest BCUT2D eigenvalue weighted by Crippen LogP contribution is -2.07. The predicted octanol–water partition coefficient (Wildman–Crippen LogP) is 1.01. The number of sulfone groups is 1. The lowest BCUT2D eigenvalue weighted by atomic mass is 10.2. The molecule has 7 heteroatoms. The van der Waals surface area contributed by atoms with Gasteiger partial charge in [0, 0.05) is 12.5 Å². The summed E-state index contributed by atoms with van der Waals surface area (Å²) in [7, 11) is -3.31. The van der Waals surface area contributed by atoms with Crippen LogP contribution in [0.1, 0.15) is 5.69 Å². The van der Waals surface area contributed by atoms with Gasteiger partial charge in [0.25, 0.3) is 0 Å². The summed E-state index contributed by atoms with van der Waals surface area (Å²) in [6, 6.07) is 4.88. The number of hydrogen-bond donors (Lipinski definition) is 3. The molecule has 0 fully saturated rings. The van der Waals surface area contributed by atoms with Crippen LogP contribution in [-0.2, 0) is 16.4 Å². The van der Waals surface area contributed by atoms with Gasteiger partial charge in [-0.05, 0) is 12.1 Å². The maximum absolute atomic E-state index is 11.5. The molecule has 1 aromatic carbocycles. The Morgan fingerprint density at radius 2 is 2.22 bits per heavy atom. The summed E-state index contributed by atoms with van der Waals surface area (Å²) >= 11 is 0. The minimum absolute atomic E-state index is 0.136. The monoisotopic (exact) mass is 266 g/mol. The van der Waals surface area contributed by atoms with Gasteiger partial charge in [-0.25, -0.2) is 13.4 Å². The van der Waals surface area contributed by atoms with E-state index < -0.39 is 9.84 Å². The Labute approximate surface area is 105 Å². The maximum atomic E-state index is 11.5. The molecule has 0 atom stereocenters. The maximum Gasteiger partial charge on any atom is 0.177 e. The number of aromatic amines is 1. The van der Waals surface area contributed by atoms with Crippen LogP contribution < -0.4 is 11.1 Å². The van der Waals surface area contributed by atoms with Gasteiger partial charge in [-0.2, -0.15) is 0 Å². The first-order chi connectivity index (χ1) is 8.48. The fraction of sp³-hybridized carbons (Fsp3) is 0.182. The predicted molar refractivity (Wildman–Crippen MR) is 69.9 cm³/mol. The van der Waals surface area contributed by atoms with Gasteiger partial charge in [0.2, 0.25) is 0 Å². The number of anilines is 2. The highest BCUT2D eigenvalue weighted by Gasteiger charge is 2.13. The number of benzene rings is 1. The quantitative estimate of drug-likeness (QED) is 0.717. The van der Waals surface area contributed by atoms with Crippen molar-refractivity contribution in [3.8, 4) is 0 Å². The second-order valence-electron chi connectivity index (χ2n) is 3.92. The van der Waals surface area contributed by atoms with E-state index in [2.05, 4.69) is 15.3 Å². The van der Waals surface area contributed by atoms with Crippen LogP contribution in [0.4, 0.5) is 11.4 Å². The summed E-state index contributed by atoms with van der Waals surface area (Å²) in [5.41, 5.74) is 7.56. The van der Waals surface area contributed by atoms with E-state index in [1.54, 1.807) is 24.7 Å². The summed E-state index contributed by atoms with van der Waals surface area (Å²) in [6.07, 6.45) is 4.40. The van der Waals surface area contributed by atoms with Gasteiger partial charge in [0.05, 0.1) is 34.8 Å². The summed E-state index contributed by atoms with van der Waals surface area (Å²) in [6.45, 7) is 0.497. The Balaban J connectivity index is 2.24. The molecule has 1 heterocycles. The third-order valence-corrected chi connectivity index (χ3v) is 3.64. The summed E-state index contributed by atoms with van der Waals surface area (Å²) in [4.78, 5) is 6.97. The molecule has 0 aliphatic carbocycles. The highest BCUT2D eigenvalue weighted by atomic mass is 32.2. The van der Waals surface area contributed by atoms with E-state index in [-0.39, 0.29) is 10.6 Å². The molecule has 0 bridgehead atoms. The molecular formula is C11H14N4O2S. The van der Waals surface area contributed by atoms with E-state index in [0.29, 0.717) is 12.2 Å². The molecule has 96 valence electrons. The van der Waals surface area contributed by atoms with Crippen molar-refractivity contribution < 1.29 is 8.42 Å². The number of hydrogen-bond acceptors (Lipinski definition) is 5. The number of nitrogen functional groups attached to an aromatic ring is 1. The fourth-order valence-electron chi connectivity index (χ4n) is 1.59. The van der Waals surface area contributed by atoms with Crippen molar-refractivity contribution in [2.45, 2.75) is 11.4 Å². The van der Waals surface area contributed by atoms with Crippen LogP contribution in [-0.4, -0.2) is 24.6 Å². The smallest absolute Gasteiger partial charge is 0.177 e. The van der Waals surface area contributed by atoms with Gasteiger partial charge < -0.3 is 16.0 Å². The zero-order valence-corrected chi connectivity index (χ0v) is 10.7. The van der Waals surface area contributed by atoms with Crippen LogP contribution in [0.3, 0.4) is 0 Å². The van der Waals surface area contributed by atoms with E-state index in [9.17, 15) is 8.42 Å². The van der Waals surface area contributed by atoms with Crippen LogP contribution in [0.15, 0.2) is 35.6 Å². The molecule has 1 aromatic heterocycles. The van der Waals surface area contributed by atoms with Crippen LogP contribution in [0, 0.1) is 0 Å². The van der Waals surface area contributed by atoms with Crippen LogP contribution in [0.5, 0.6) is 0 Å². The van der Waals surface area contributed by atoms with E-state index in [1.807, 2.05) is 0 Å². The lowest BCUT2D eigenvalue weighted by molar-refractivity contribution is 0.602. The van der Waals surface area contributed by atoms with E-state index in [1.165, 1.54) is 6.07 Å². The number of rotatable bonds is 4. The van der Waals surface area contributed by atoms with Crippen LogP contribution >= 0.6 is 0 Å². The molecule has 4 N–H and O–H groups in total. The topological polar surface area (TPSA) is 101 Å². The largest absolute Gasteiger partial charge is 0.396 e. The summed E-state index contributed by atoms with van der Waals surface area (Å²) in [5.74, 6) is 0. The number of aromatic nitrogens is 2. The van der Waals surface area contributed by atoms with Crippen molar-refractivity contribution >= 4 is 21.2 Å². The first-order valence-electron chi connectivity index (χ1n) is 5.28. The van der Waals surface area contributed by atoms with E-state index in [0.717, 1.165) is 11.9 Å². The Morgan fingerprint density at radius 1 is 1.44 bits per heavy atom. The molecule has 2 aromatic rings. The van der Waals surface area contributed by atoms with Gasteiger partial charge >= 0.3 is 0 Å². The second kappa shape index (κ2) is 4.69. The number of para-hydroxylation sites is 1. The van der Waals surface area contributed by atoms with Gasteiger partial charge in [0.1, 0.15) is 0 Å². The molecule has 0 saturated heterocycles. The zero-order valence-electron chi connectivity index (χ0n) is 9.84. The molecule has 0 saturated carbocycles. The first-order valence-corrected chi connectivity index (χ1v) is 7.17. The average Bonchev–Trinajstić information content (AvgIpc) is 2.79. The van der Waals surface area contributed by atoms with Gasteiger partial charge in [-0.1, -0.05) is 6.07 Å². The minimum Gasteiger partial charge on any atom is -0.396 e. The van der Waals surface area contributed by atoms with E-state index >= 15 is 0 Å². The van der Waals surface area contributed by atoms with Crippen LogP contribution in [0.25, 0.3) is 0 Å². The van der Waals surface area contributed by atoms with Gasteiger partial charge in [-0.15, -0.1) is 0 Å². The molecule has 0 aliphatic heterocycles. The number of nitrogens with zero attached hydrogens (tertiary/aromatic N) is 1. The molecule has 0 aliphatic rings. The standard InChI is InChI=1S/C11H14N4O2S/c1-18(16,17)10-4-2-3-9(11(10)12)14-6-8-5-13-7-15-8/h2-5,7,14H,6,12H2,1H3,(H,13,15). The third kappa shape index (κ3) is 2.62. The van der Waals surface area contributed by atoms with Crippen molar-refractivity contribution in [1.29, 1.82) is 0 Å². The Bertz CT molecular complexity index is 635.